The molecule has 1 atom stereocenters. The van der Waals surface area contributed by atoms with Gasteiger partial charge in [0.05, 0.1) is 6.54 Å². The van der Waals surface area contributed by atoms with E-state index in [-0.39, 0.29) is 18.6 Å². The zero-order valence-corrected chi connectivity index (χ0v) is 13.9. The lowest BCUT2D eigenvalue weighted by atomic mass is 10.1. The first-order valence-electron chi connectivity index (χ1n) is 8.67. The number of amides is 1. The van der Waals surface area contributed by atoms with Gasteiger partial charge in [0, 0.05) is 17.8 Å². The number of alkyl halides is 1. The molecule has 0 aliphatic carbocycles. The number of ether oxygens (including phenoxy) is 1. The summed E-state index contributed by atoms with van der Waals surface area (Å²) in [5.41, 5.74) is 1.76. The lowest BCUT2D eigenvalue weighted by molar-refractivity contribution is 0.102. The zero-order chi connectivity index (χ0) is 17.2. The lowest BCUT2D eigenvalue weighted by Gasteiger charge is -2.23. The predicted octanol–water partition coefficient (Wildman–Crippen LogP) is 2.16. The van der Waals surface area contributed by atoms with E-state index >= 15 is 0 Å². The van der Waals surface area contributed by atoms with Crippen molar-refractivity contribution in [1.82, 2.24) is 15.1 Å². The summed E-state index contributed by atoms with van der Waals surface area (Å²) in [5.74, 6) is 0.518. The second kappa shape index (κ2) is 6.84. The summed E-state index contributed by atoms with van der Waals surface area (Å²) in [6, 6.07) is 9.01. The van der Waals surface area contributed by atoms with Gasteiger partial charge in [-0.1, -0.05) is 0 Å². The molecule has 2 aliphatic rings. The minimum Gasteiger partial charge on any atom is -0.490 e. The molecule has 2 N–H and O–H groups in total. The van der Waals surface area contributed by atoms with E-state index in [1.165, 1.54) is 0 Å². The molecule has 6 nitrogen and oxygen atoms in total. The van der Waals surface area contributed by atoms with Crippen molar-refractivity contribution < 1.29 is 13.9 Å². The number of hydrogen-bond donors (Lipinski definition) is 2. The minimum absolute atomic E-state index is 0.228. The Morgan fingerprint density at radius 3 is 2.76 bits per heavy atom. The number of fused-ring (bicyclic) bond motifs is 1. The van der Waals surface area contributed by atoms with Gasteiger partial charge in [0.2, 0.25) is 0 Å². The van der Waals surface area contributed by atoms with E-state index in [4.69, 9.17) is 4.74 Å². The van der Waals surface area contributed by atoms with Crippen LogP contribution in [-0.2, 0) is 13.0 Å². The Hall–Kier alpha value is -2.41. The maximum Gasteiger partial charge on any atom is 0.276 e. The van der Waals surface area contributed by atoms with Crippen LogP contribution in [0.5, 0.6) is 5.75 Å². The average Bonchev–Trinajstić information content (AvgIpc) is 3.15. The number of carbonyl (C=O) groups is 1. The molecule has 1 aromatic carbocycles. The number of rotatable bonds is 4. The molecule has 0 radical (unpaired) electrons. The molecule has 1 unspecified atom stereocenters. The van der Waals surface area contributed by atoms with Crippen molar-refractivity contribution in [3.63, 3.8) is 0 Å². The molecule has 1 saturated heterocycles. The molecule has 1 amide bonds. The van der Waals surface area contributed by atoms with Gasteiger partial charge in [0.1, 0.15) is 18.0 Å². The van der Waals surface area contributed by atoms with E-state index in [1.807, 2.05) is 24.3 Å². The van der Waals surface area contributed by atoms with Gasteiger partial charge in [-0.15, -0.1) is 0 Å². The van der Waals surface area contributed by atoms with Crippen LogP contribution in [-0.4, -0.2) is 41.1 Å². The highest BCUT2D eigenvalue weighted by atomic mass is 19.1. The Morgan fingerprint density at radius 2 is 2.04 bits per heavy atom. The molecule has 0 saturated carbocycles. The van der Waals surface area contributed by atoms with Crippen molar-refractivity contribution in [1.29, 1.82) is 0 Å². The van der Waals surface area contributed by atoms with Gasteiger partial charge in [-0.25, -0.2) is 4.39 Å². The molecule has 0 bridgehead atoms. The number of nitrogens with one attached hydrogen (secondary N) is 2. The Kier molecular flexibility index (Phi) is 4.40. The van der Waals surface area contributed by atoms with Crippen LogP contribution >= 0.6 is 0 Å². The quantitative estimate of drug-likeness (QED) is 0.892. The Balaban J connectivity index is 1.36. The van der Waals surface area contributed by atoms with E-state index in [2.05, 4.69) is 15.7 Å². The van der Waals surface area contributed by atoms with Crippen LogP contribution in [0.1, 0.15) is 29.0 Å². The summed E-state index contributed by atoms with van der Waals surface area (Å²) >= 11 is 0. The van der Waals surface area contributed by atoms with Crippen molar-refractivity contribution >= 4 is 11.6 Å². The van der Waals surface area contributed by atoms with Gasteiger partial charge in [-0.3, -0.25) is 9.48 Å². The summed E-state index contributed by atoms with van der Waals surface area (Å²) in [6.45, 7) is 2.19. The lowest BCUT2D eigenvalue weighted by Crippen LogP contribution is -2.34. The number of nitrogens with zero attached hydrogens (tertiary/aromatic N) is 2. The van der Waals surface area contributed by atoms with Crippen LogP contribution in [0, 0.1) is 0 Å². The van der Waals surface area contributed by atoms with Gasteiger partial charge in [-0.05, 0) is 56.3 Å². The fourth-order valence-electron chi connectivity index (χ4n) is 3.29. The number of hydrogen-bond acceptors (Lipinski definition) is 4. The van der Waals surface area contributed by atoms with Crippen molar-refractivity contribution in [2.75, 3.05) is 18.4 Å². The van der Waals surface area contributed by atoms with Crippen molar-refractivity contribution in [3.8, 4) is 5.75 Å². The molecule has 3 heterocycles. The Bertz CT molecular complexity index is 729. The molecule has 4 rings (SSSR count). The van der Waals surface area contributed by atoms with Crippen LogP contribution in [0.4, 0.5) is 10.1 Å². The minimum atomic E-state index is -0.896. The fourth-order valence-corrected chi connectivity index (χ4v) is 3.29. The van der Waals surface area contributed by atoms with E-state index in [0.717, 1.165) is 37.4 Å². The van der Waals surface area contributed by atoms with E-state index < -0.39 is 6.17 Å². The van der Waals surface area contributed by atoms with E-state index in [0.29, 0.717) is 17.8 Å². The summed E-state index contributed by atoms with van der Waals surface area (Å²) in [4.78, 5) is 12.3. The maximum absolute atomic E-state index is 13.3. The highest BCUT2D eigenvalue weighted by molar-refractivity contribution is 6.02. The maximum atomic E-state index is 13.3. The van der Waals surface area contributed by atoms with Crippen molar-refractivity contribution in [2.24, 2.45) is 0 Å². The van der Waals surface area contributed by atoms with Crippen LogP contribution < -0.4 is 15.4 Å². The Labute approximate surface area is 145 Å². The summed E-state index contributed by atoms with van der Waals surface area (Å²) in [5, 5.41) is 10.3. The average molecular weight is 344 g/mol. The van der Waals surface area contributed by atoms with E-state index in [1.54, 1.807) is 10.7 Å². The number of anilines is 1. The van der Waals surface area contributed by atoms with Crippen LogP contribution in [0.15, 0.2) is 30.3 Å². The highest BCUT2D eigenvalue weighted by Crippen LogP contribution is 2.21. The largest absolute Gasteiger partial charge is 0.490 e. The van der Waals surface area contributed by atoms with Gasteiger partial charge in [0.25, 0.3) is 5.91 Å². The van der Waals surface area contributed by atoms with Gasteiger partial charge in [-0.2, -0.15) is 5.10 Å². The first-order valence-corrected chi connectivity index (χ1v) is 8.67. The van der Waals surface area contributed by atoms with Crippen LogP contribution in [0.2, 0.25) is 0 Å². The second-order valence-corrected chi connectivity index (χ2v) is 6.55. The van der Waals surface area contributed by atoms with Gasteiger partial charge >= 0.3 is 0 Å². The Morgan fingerprint density at radius 1 is 1.28 bits per heavy atom. The van der Waals surface area contributed by atoms with Crippen LogP contribution in [0.3, 0.4) is 0 Å². The van der Waals surface area contributed by atoms with E-state index in [9.17, 15) is 9.18 Å². The molecular weight excluding hydrogens is 323 g/mol. The molecule has 2 aromatic rings. The second-order valence-electron chi connectivity index (χ2n) is 6.55. The SMILES string of the molecule is O=C(Nc1ccc(OC2CCNCC2)cc1)c1cc2n(n1)CC(F)C2. The first kappa shape index (κ1) is 16.1. The fraction of sp³-hybridized carbons (Fsp3) is 0.444. The normalized spacial score (nSPS) is 20.3. The topological polar surface area (TPSA) is 68.2 Å². The molecule has 2 aliphatic heterocycles. The monoisotopic (exact) mass is 344 g/mol. The molecule has 1 fully saturated rings. The first-order chi connectivity index (χ1) is 12.2. The van der Waals surface area contributed by atoms with Crippen molar-refractivity contribution in [2.45, 2.75) is 38.1 Å². The standard InChI is InChI=1S/C18H21FN4O2/c19-12-9-14-10-17(22-23(14)11-12)18(24)21-13-1-3-15(4-2-13)25-16-5-7-20-8-6-16/h1-4,10,12,16,20H,5-9,11H2,(H,21,24). The third-order valence-corrected chi connectivity index (χ3v) is 4.60. The van der Waals surface area contributed by atoms with Crippen LogP contribution in [0.25, 0.3) is 0 Å². The number of piperidine rings is 1. The molecule has 1 aromatic heterocycles. The zero-order valence-electron chi connectivity index (χ0n) is 13.9. The molecular formula is C18H21FN4O2. The number of carbonyl (C=O) groups excluding carboxylic acids is 1. The predicted molar refractivity (Wildman–Crippen MR) is 91.7 cm³/mol. The number of halogens is 1. The molecule has 132 valence electrons. The number of aromatic nitrogens is 2. The molecule has 25 heavy (non-hydrogen) atoms. The number of benzene rings is 1. The third-order valence-electron chi connectivity index (χ3n) is 4.60. The van der Waals surface area contributed by atoms with Gasteiger partial charge < -0.3 is 15.4 Å². The summed E-state index contributed by atoms with van der Waals surface area (Å²) in [6.07, 6.45) is 1.68. The summed E-state index contributed by atoms with van der Waals surface area (Å²) < 4.78 is 20.8. The van der Waals surface area contributed by atoms with Gasteiger partial charge in [0.15, 0.2) is 5.69 Å². The third kappa shape index (κ3) is 3.66. The summed E-state index contributed by atoms with van der Waals surface area (Å²) in [7, 11) is 0. The van der Waals surface area contributed by atoms with Crippen molar-refractivity contribution in [3.05, 3.63) is 41.7 Å². The smallest absolute Gasteiger partial charge is 0.276 e. The highest BCUT2D eigenvalue weighted by Gasteiger charge is 2.24. The molecule has 7 heteroatoms. The molecule has 0 spiro atoms.